The number of ether oxygens (including phenoxy) is 2. The van der Waals surface area contributed by atoms with Gasteiger partial charge >= 0.3 is 0 Å². The van der Waals surface area contributed by atoms with Crippen molar-refractivity contribution in [3.05, 3.63) is 90.6 Å². The fraction of sp³-hybridized carbons (Fsp3) is 0.192. The van der Waals surface area contributed by atoms with Crippen molar-refractivity contribution in [2.24, 2.45) is 0 Å². The first-order chi connectivity index (χ1) is 15.8. The second kappa shape index (κ2) is 9.06. The van der Waals surface area contributed by atoms with Crippen molar-refractivity contribution in [2.45, 2.75) is 18.9 Å². The molecule has 0 saturated carbocycles. The van der Waals surface area contributed by atoms with Crippen molar-refractivity contribution in [3.8, 4) is 17.4 Å². The van der Waals surface area contributed by atoms with Crippen LogP contribution in [0.2, 0.25) is 0 Å². The van der Waals surface area contributed by atoms with E-state index in [0.717, 1.165) is 23.6 Å². The van der Waals surface area contributed by atoms with Crippen LogP contribution in [0.3, 0.4) is 0 Å². The summed E-state index contributed by atoms with van der Waals surface area (Å²) in [7, 11) is 0. The van der Waals surface area contributed by atoms with Gasteiger partial charge in [-0.25, -0.2) is 0 Å². The number of likely N-dealkylation sites (tertiary alicyclic amines) is 1. The minimum atomic E-state index is -0.0278. The zero-order valence-electron chi connectivity index (χ0n) is 17.6. The number of aromatic nitrogens is 2. The fourth-order valence-electron chi connectivity index (χ4n) is 3.94. The largest absolute Gasteiger partial charge is 0.473 e. The van der Waals surface area contributed by atoms with E-state index in [1.807, 2.05) is 83.8 Å². The minimum Gasteiger partial charge on any atom is -0.473 e. The molecule has 0 N–H and O–H groups in total. The average Bonchev–Trinajstić information content (AvgIpc) is 2.85. The third-order valence-electron chi connectivity index (χ3n) is 5.63. The zero-order chi connectivity index (χ0) is 21.8. The summed E-state index contributed by atoms with van der Waals surface area (Å²) in [4.78, 5) is 15.1. The Hall–Kier alpha value is -3.93. The van der Waals surface area contributed by atoms with Crippen molar-refractivity contribution >= 4 is 16.7 Å². The maximum atomic E-state index is 13.2. The molecule has 0 spiro atoms. The second-order valence-corrected chi connectivity index (χ2v) is 7.76. The van der Waals surface area contributed by atoms with Crippen molar-refractivity contribution in [3.63, 3.8) is 0 Å². The molecule has 1 fully saturated rings. The number of fused-ring (bicyclic) bond motifs is 1. The van der Waals surface area contributed by atoms with E-state index in [1.54, 1.807) is 6.20 Å². The van der Waals surface area contributed by atoms with E-state index in [-0.39, 0.29) is 12.0 Å². The Morgan fingerprint density at radius 2 is 1.59 bits per heavy atom. The lowest BCUT2D eigenvalue weighted by Gasteiger charge is -2.32. The molecule has 1 aliphatic heterocycles. The van der Waals surface area contributed by atoms with Crippen LogP contribution in [0.15, 0.2) is 85.1 Å². The molecule has 32 heavy (non-hydrogen) atoms. The van der Waals surface area contributed by atoms with Gasteiger partial charge in [0.2, 0.25) is 5.88 Å². The van der Waals surface area contributed by atoms with E-state index in [4.69, 9.17) is 9.47 Å². The van der Waals surface area contributed by atoms with E-state index in [0.29, 0.717) is 36.0 Å². The van der Waals surface area contributed by atoms with E-state index in [1.165, 1.54) is 0 Å². The van der Waals surface area contributed by atoms with Gasteiger partial charge in [-0.1, -0.05) is 48.5 Å². The number of carbonyl (C=O) groups excluding carboxylic acids is 1. The van der Waals surface area contributed by atoms with Gasteiger partial charge in [0.25, 0.3) is 5.91 Å². The van der Waals surface area contributed by atoms with Gasteiger partial charge in [-0.3, -0.25) is 4.79 Å². The second-order valence-electron chi connectivity index (χ2n) is 7.76. The number of piperidine rings is 1. The zero-order valence-corrected chi connectivity index (χ0v) is 17.6. The summed E-state index contributed by atoms with van der Waals surface area (Å²) < 4.78 is 12.1. The predicted octanol–water partition coefficient (Wildman–Crippen LogP) is 5.11. The summed E-state index contributed by atoms with van der Waals surface area (Å²) in [6, 6.07) is 24.8. The van der Waals surface area contributed by atoms with E-state index in [2.05, 4.69) is 10.2 Å². The first-order valence-electron chi connectivity index (χ1n) is 10.8. The lowest BCUT2D eigenvalue weighted by atomic mass is 10.1. The summed E-state index contributed by atoms with van der Waals surface area (Å²) in [6.07, 6.45) is 3.20. The molecule has 2 heterocycles. The molecule has 1 aromatic heterocycles. The molecule has 0 atom stereocenters. The topological polar surface area (TPSA) is 64.5 Å². The van der Waals surface area contributed by atoms with E-state index < -0.39 is 0 Å². The van der Waals surface area contributed by atoms with Crippen LogP contribution in [0.5, 0.6) is 17.4 Å². The van der Waals surface area contributed by atoms with Gasteiger partial charge in [0.05, 0.1) is 11.8 Å². The normalized spacial score (nSPS) is 14.3. The molecule has 6 heteroatoms. The van der Waals surface area contributed by atoms with Gasteiger partial charge in [-0.2, -0.15) is 5.10 Å². The highest BCUT2D eigenvalue weighted by Crippen LogP contribution is 2.28. The molecule has 0 radical (unpaired) electrons. The van der Waals surface area contributed by atoms with Gasteiger partial charge in [0.1, 0.15) is 17.6 Å². The highest BCUT2D eigenvalue weighted by atomic mass is 16.5. The monoisotopic (exact) mass is 425 g/mol. The smallest absolute Gasteiger partial charge is 0.257 e. The third-order valence-corrected chi connectivity index (χ3v) is 5.63. The van der Waals surface area contributed by atoms with Gasteiger partial charge in [-0.05, 0) is 30.3 Å². The Bertz CT molecular complexity index is 1220. The Kier molecular flexibility index (Phi) is 5.66. The molecule has 4 aromatic rings. The molecular formula is C26H23N3O3. The number of hydrogen-bond donors (Lipinski definition) is 0. The maximum Gasteiger partial charge on any atom is 0.257 e. The predicted molar refractivity (Wildman–Crippen MR) is 122 cm³/mol. The molecule has 1 amide bonds. The minimum absolute atomic E-state index is 0.00466. The first-order valence-corrected chi connectivity index (χ1v) is 10.8. The van der Waals surface area contributed by atoms with Crippen LogP contribution in [0.4, 0.5) is 0 Å². The molecule has 6 nitrogen and oxygen atoms in total. The number of benzene rings is 3. The van der Waals surface area contributed by atoms with Gasteiger partial charge < -0.3 is 14.4 Å². The Balaban J connectivity index is 1.25. The number of hydrogen-bond acceptors (Lipinski definition) is 5. The number of carbonyl (C=O) groups is 1. The van der Waals surface area contributed by atoms with Gasteiger partial charge in [0, 0.05) is 36.7 Å². The van der Waals surface area contributed by atoms with Crippen LogP contribution in [0, 0.1) is 0 Å². The third kappa shape index (κ3) is 4.25. The summed E-state index contributed by atoms with van der Waals surface area (Å²) in [5.74, 6) is 1.79. The summed E-state index contributed by atoms with van der Waals surface area (Å²) in [6.45, 7) is 1.22. The number of nitrogens with zero attached hydrogens (tertiary/aromatic N) is 3. The van der Waals surface area contributed by atoms with Gasteiger partial charge in [-0.15, -0.1) is 5.10 Å². The molecule has 0 unspecified atom stereocenters. The molecule has 0 bridgehead atoms. The van der Waals surface area contributed by atoms with Crippen molar-refractivity contribution < 1.29 is 14.3 Å². The molecular weight excluding hydrogens is 402 g/mol. The van der Waals surface area contributed by atoms with Crippen molar-refractivity contribution in [2.75, 3.05) is 13.1 Å². The quantitative estimate of drug-likeness (QED) is 0.445. The van der Waals surface area contributed by atoms with Crippen LogP contribution >= 0.6 is 0 Å². The van der Waals surface area contributed by atoms with Gasteiger partial charge in [0.15, 0.2) is 0 Å². The highest BCUT2D eigenvalue weighted by Gasteiger charge is 2.27. The number of para-hydroxylation sites is 2. The summed E-state index contributed by atoms with van der Waals surface area (Å²) in [5, 5.41) is 10.2. The Morgan fingerprint density at radius 3 is 2.44 bits per heavy atom. The Labute approximate surface area is 186 Å². The van der Waals surface area contributed by atoms with Crippen LogP contribution in [0.1, 0.15) is 23.2 Å². The molecule has 1 saturated heterocycles. The summed E-state index contributed by atoms with van der Waals surface area (Å²) >= 11 is 0. The lowest BCUT2D eigenvalue weighted by molar-refractivity contribution is 0.0587. The fourth-order valence-corrected chi connectivity index (χ4v) is 3.94. The lowest BCUT2D eigenvalue weighted by Crippen LogP contribution is -2.42. The van der Waals surface area contributed by atoms with Crippen molar-refractivity contribution in [1.29, 1.82) is 0 Å². The van der Waals surface area contributed by atoms with Crippen LogP contribution in [0.25, 0.3) is 10.8 Å². The van der Waals surface area contributed by atoms with E-state index >= 15 is 0 Å². The number of rotatable bonds is 5. The average molecular weight is 425 g/mol. The molecule has 1 aliphatic rings. The highest BCUT2D eigenvalue weighted by molar-refractivity contribution is 5.97. The van der Waals surface area contributed by atoms with Crippen LogP contribution in [-0.4, -0.2) is 40.2 Å². The van der Waals surface area contributed by atoms with Crippen molar-refractivity contribution in [1.82, 2.24) is 15.1 Å². The molecule has 3 aromatic carbocycles. The van der Waals surface area contributed by atoms with E-state index in [9.17, 15) is 4.79 Å². The maximum absolute atomic E-state index is 13.2. The number of amides is 1. The van der Waals surface area contributed by atoms with Crippen LogP contribution in [-0.2, 0) is 0 Å². The van der Waals surface area contributed by atoms with Crippen LogP contribution < -0.4 is 9.47 Å². The first kappa shape index (κ1) is 20.0. The Morgan fingerprint density at radius 1 is 0.875 bits per heavy atom. The molecule has 160 valence electrons. The standard InChI is InChI=1S/C26H23N3O3/c30-26(23-12-6-7-13-24(23)31-20-9-2-1-3-10-20)29-16-14-21(15-17-29)32-25-22-11-5-4-8-19(22)18-27-28-25/h1-13,18,21H,14-17H2. The molecule has 5 rings (SSSR count). The SMILES string of the molecule is O=C(c1ccccc1Oc1ccccc1)N1CCC(Oc2nncc3ccccc23)CC1. The molecule has 0 aliphatic carbocycles. The summed E-state index contributed by atoms with van der Waals surface area (Å²) in [5.41, 5.74) is 0.565.